The van der Waals surface area contributed by atoms with Gasteiger partial charge in [-0.15, -0.1) is 0 Å². The molecule has 0 aromatic heterocycles. The number of Topliss-reactive ketones (excluding diaryl/α,β-unsaturated/α-hetero) is 1. The van der Waals surface area contributed by atoms with Crippen LogP contribution in [0.3, 0.4) is 0 Å². The highest BCUT2D eigenvalue weighted by molar-refractivity contribution is 5.99. The first-order chi connectivity index (χ1) is 11.6. The summed E-state index contributed by atoms with van der Waals surface area (Å²) in [5.41, 5.74) is 11.1. The molecule has 0 spiro atoms. The van der Waals surface area contributed by atoms with Crippen LogP contribution in [0.1, 0.15) is 33.6 Å². The van der Waals surface area contributed by atoms with E-state index < -0.39 is 23.9 Å². The zero-order valence-electron chi connectivity index (χ0n) is 15.0. The smallest absolute Gasteiger partial charge is 0.240 e. The van der Waals surface area contributed by atoms with Gasteiger partial charge in [0.1, 0.15) is 6.04 Å². The number of nitrogens with zero attached hydrogens (tertiary/aromatic N) is 2. The molecule has 8 nitrogen and oxygen atoms in total. The van der Waals surface area contributed by atoms with Crippen molar-refractivity contribution in [3.63, 3.8) is 0 Å². The van der Waals surface area contributed by atoms with Crippen molar-refractivity contribution in [1.82, 2.24) is 9.80 Å². The molecule has 2 saturated heterocycles. The minimum absolute atomic E-state index is 0.00391. The molecular weight excluding hydrogens is 324 g/mol. The molecule has 2 heterocycles. The van der Waals surface area contributed by atoms with Crippen LogP contribution in [0.25, 0.3) is 0 Å². The normalized spacial score (nSPS) is 25.2. The fourth-order valence-corrected chi connectivity index (χ4v) is 3.35. The van der Waals surface area contributed by atoms with Gasteiger partial charge in [-0.3, -0.25) is 19.2 Å². The van der Waals surface area contributed by atoms with Crippen LogP contribution >= 0.6 is 0 Å². The molecular formula is C17H27N4O4. The second-order valence-electron chi connectivity index (χ2n) is 7.28. The van der Waals surface area contributed by atoms with E-state index in [9.17, 15) is 19.2 Å². The first-order valence-electron chi connectivity index (χ1n) is 8.67. The monoisotopic (exact) mass is 351 g/mol. The maximum Gasteiger partial charge on any atom is 0.240 e. The standard InChI is InChI=1S/C17H27N4O4/c1-9(2)14(18)17(25)21-8-12(22)15-11(21)6-7-20(15)13(23)5-4-10(3)16(19)24/h5,9-11,14-15H,4,6-8,18H2,1-3H3,(H2,19,24). The maximum atomic E-state index is 12.5. The number of fused-ring (bicyclic) bond motifs is 1. The van der Waals surface area contributed by atoms with Gasteiger partial charge in [0.25, 0.3) is 0 Å². The summed E-state index contributed by atoms with van der Waals surface area (Å²) in [6.07, 6.45) is 2.18. The topological polar surface area (TPSA) is 127 Å². The Balaban J connectivity index is 2.03. The van der Waals surface area contributed by atoms with E-state index in [0.29, 0.717) is 13.0 Å². The highest BCUT2D eigenvalue weighted by atomic mass is 16.2. The predicted octanol–water partition coefficient (Wildman–Crippen LogP) is -0.934. The van der Waals surface area contributed by atoms with Crippen LogP contribution in [-0.2, 0) is 19.2 Å². The predicted molar refractivity (Wildman–Crippen MR) is 90.7 cm³/mol. The first kappa shape index (κ1) is 19.4. The SMILES string of the molecule is CC(C[CH]C(=O)N1CCC2C1C(=O)CN2C(=O)C(N)C(C)C)C(N)=O. The molecule has 2 aliphatic rings. The molecule has 0 bridgehead atoms. The average Bonchev–Trinajstić information content (AvgIpc) is 3.12. The minimum atomic E-state index is -0.653. The zero-order valence-corrected chi connectivity index (χ0v) is 15.0. The summed E-state index contributed by atoms with van der Waals surface area (Å²) in [6.45, 7) is 5.76. The second kappa shape index (κ2) is 7.51. The number of nitrogens with two attached hydrogens (primary N) is 2. The Bertz CT molecular complexity index is 577. The summed E-state index contributed by atoms with van der Waals surface area (Å²) in [6, 6.07) is -1.58. The Morgan fingerprint density at radius 2 is 1.88 bits per heavy atom. The van der Waals surface area contributed by atoms with E-state index in [2.05, 4.69) is 0 Å². The Kier molecular flexibility index (Phi) is 5.82. The lowest BCUT2D eigenvalue weighted by Crippen LogP contribution is -2.49. The number of carbonyl (C=O) groups excluding carboxylic acids is 4. The van der Waals surface area contributed by atoms with Crippen molar-refractivity contribution in [2.75, 3.05) is 13.1 Å². The van der Waals surface area contributed by atoms with Gasteiger partial charge in [-0.1, -0.05) is 20.8 Å². The molecule has 0 aromatic rings. The van der Waals surface area contributed by atoms with E-state index in [4.69, 9.17) is 11.5 Å². The molecule has 25 heavy (non-hydrogen) atoms. The third-order valence-corrected chi connectivity index (χ3v) is 5.12. The van der Waals surface area contributed by atoms with Crippen molar-refractivity contribution in [2.24, 2.45) is 23.3 Å². The van der Waals surface area contributed by atoms with Gasteiger partial charge in [-0.25, -0.2) is 0 Å². The summed E-state index contributed by atoms with van der Waals surface area (Å²) in [5, 5.41) is 0. The summed E-state index contributed by atoms with van der Waals surface area (Å²) < 4.78 is 0. The average molecular weight is 351 g/mol. The van der Waals surface area contributed by atoms with E-state index in [1.54, 1.807) is 6.92 Å². The van der Waals surface area contributed by atoms with Gasteiger partial charge < -0.3 is 21.3 Å². The zero-order chi connectivity index (χ0) is 18.9. The molecule has 0 aliphatic carbocycles. The van der Waals surface area contributed by atoms with Crippen molar-refractivity contribution >= 4 is 23.5 Å². The second-order valence-corrected chi connectivity index (χ2v) is 7.28. The molecule has 4 unspecified atom stereocenters. The van der Waals surface area contributed by atoms with Crippen LogP contribution in [0, 0.1) is 18.3 Å². The van der Waals surface area contributed by atoms with Crippen molar-refractivity contribution in [3.8, 4) is 0 Å². The van der Waals surface area contributed by atoms with Crippen molar-refractivity contribution in [3.05, 3.63) is 6.42 Å². The summed E-state index contributed by atoms with van der Waals surface area (Å²) >= 11 is 0. The number of hydrogen-bond donors (Lipinski definition) is 2. The molecule has 3 amide bonds. The molecule has 2 aliphatic heterocycles. The first-order valence-corrected chi connectivity index (χ1v) is 8.67. The molecule has 0 saturated carbocycles. The van der Waals surface area contributed by atoms with Crippen LogP contribution in [0.4, 0.5) is 0 Å². The number of likely N-dealkylation sites (tertiary alicyclic amines) is 2. The third-order valence-electron chi connectivity index (χ3n) is 5.12. The van der Waals surface area contributed by atoms with Gasteiger partial charge >= 0.3 is 0 Å². The van der Waals surface area contributed by atoms with Crippen molar-refractivity contribution in [2.45, 2.75) is 51.7 Å². The Morgan fingerprint density at radius 1 is 1.24 bits per heavy atom. The highest BCUT2D eigenvalue weighted by Crippen LogP contribution is 2.31. The Labute approximate surface area is 147 Å². The lowest BCUT2D eigenvalue weighted by Gasteiger charge is -2.27. The van der Waals surface area contributed by atoms with Crippen LogP contribution in [0.15, 0.2) is 0 Å². The number of ketones is 1. The number of primary amides is 1. The van der Waals surface area contributed by atoms with Crippen LogP contribution in [0.2, 0.25) is 0 Å². The Morgan fingerprint density at radius 3 is 2.44 bits per heavy atom. The molecule has 2 fully saturated rings. The van der Waals surface area contributed by atoms with Gasteiger partial charge in [-0.05, 0) is 18.8 Å². The summed E-state index contributed by atoms with van der Waals surface area (Å²) in [4.78, 5) is 51.4. The summed E-state index contributed by atoms with van der Waals surface area (Å²) in [5.74, 6) is -1.61. The van der Waals surface area contributed by atoms with E-state index in [0.717, 1.165) is 0 Å². The molecule has 4 N–H and O–H groups in total. The van der Waals surface area contributed by atoms with E-state index in [-0.39, 0.29) is 42.5 Å². The van der Waals surface area contributed by atoms with Gasteiger partial charge in [0, 0.05) is 12.5 Å². The fraction of sp³-hybridized carbons (Fsp3) is 0.706. The van der Waals surface area contributed by atoms with Crippen molar-refractivity contribution < 1.29 is 19.2 Å². The fourth-order valence-electron chi connectivity index (χ4n) is 3.35. The van der Waals surface area contributed by atoms with Crippen LogP contribution < -0.4 is 11.5 Å². The van der Waals surface area contributed by atoms with Gasteiger partial charge in [0.05, 0.1) is 25.0 Å². The number of hydrogen-bond acceptors (Lipinski definition) is 5. The number of rotatable bonds is 6. The van der Waals surface area contributed by atoms with E-state index in [1.807, 2.05) is 13.8 Å². The van der Waals surface area contributed by atoms with Crippen LogP contribution in [-0.4, -0.2) is 64.5 Å². The highest BCUT2D eigenvalue weighted by Gasteiger charge is 2.51. The third kappa shape index (κ3) is 3.84. The molecule has 0 aromatic carbocycles. The molecule has 4 atom stereocenters. The van der Waals surface area contributed by atoms with Gasteiger partial charge in [0.2, 0.25) is 17.7 Å². The Hall–Kier alpha value is -1.96. The van der Waals surface area contributed by atoms with Gasteiger partial charge in [0.15, 0.2) is 5.78 Å². The van der Waals surface area contributed by atoms with E-state index in [1.165, 1.54) is 16.2 Å². The van der Waals surface area contributed by atoms with Gasteiger partial charge in [-0.2, -0.15) is 0 Å². The number of amides is 3. The maximum absolute atomic E-state index is 12.5. The summed E-state index contributed by atoms with van der Waals surface area (Å²) in [7, 11) is 0. The number of carbonyl (C=O) groups is 4. The lowest BCUT2D eigenvalue weighted by atomic mass is 10.0. The van der Waals surface area contributed by atoms with Crippen LogP contribution in [0.5, 0.6) is 0 Å². The molecule has 8 heteroatoms. The quantitative estimate of drug-likeness (QED) is 0.639. The molecule has 1 radical (unpaired) electrons. The van der Waals surface area contributed by atoms with E-state index >= 15 is 0 Å². The minimum Gasteiger partial charge on any atom is -0.369 e. The largest absolute Gasteiger partial charge is 0.369 e. The molecule has 139 valence electrons. The lowest BCUT2D eigenvalue weighted by molar-refractivity contribution is -0.135. The van der Waals surface area contributed by atoms with Crippen molar-refractivity contribution in [1.29, 1.82) is 0 Å². The molecule has 2 rings (SSSR count).